The predicted octanol–water partition coefficient (Wildman–Crippen LogP) is 4.50. The van der Waals surface area contributed by atoms with Gasteiger partial charge < -0.3 is 5.32 Å². The molecule has 108 valence electrons. The number of nitrogens with one attached hydrogen (secondary N) is 2. The van der Waals surface area contributed by atoms with Gasteiger partial charge in [0.1, 0.15) is 0 Å². The quantitative estimate of drug-likeness (QED) is 0.702. The van der Waals surface area contributed by atoms with Gasteiger partial charge in [-0.15, -0.1) is 11.3 Å². The molecule has 3 nitrogen and oxygen atoms in total. The van der Waals surface area contributed by atoms with Gasteiger partial charge >= 0.3 is 0 Å². The van der Waals surface area contributed by atoms with Crippen molar-refractivity contribution in [2.45, 2.75) is 20.0 Å². The van der Waals surface area contributed by atoms with Crippen molar-refractivity contribution in [1.29, 1.82) is 0 Å². The molecular weight excluding hydrogens is 346 g/mol. The number of aryl methyl sites for hydroxylation is 1. The monoisotopic (exact) mass is 361 g/mol. The molecule has 5 heteroatoms. The molecule has 0 radical (unpaired) electrons. The minimum Gasteiger partial charge on any atom is -0.308 e. The first kappa shape index (κ1) is 14.5. The Balaban J connectivity index is 1.56. The molecule has 3 rings (SSSR count). The van der Waals surface area contributed by atoms with Crippen molar-refractivity contribution in [2.75, 3.05) is 0 Å². The molecule has 0 bridgehead atoms. The Bertz CT molecular complexity index is 682. The van der Waals surface area contributed by atoms with Crippen LogP contribution in [0.5, 0.6) is 0 Å². The van der Waals surface area contributed by atoms with Gasteiger partial charge in [0, 0.05) is 33.5 Å². The standard InChI is InChI=1S/C16H16BrN3S/c1-11-15(17)8-14(21-11)10-18-9-12-2-4-13(5-3-12)16-6-7-19-20-16/h2-8,18H,9-10H2,1H3,(H,19,20). The third-order valence-corrected chi connectivity index (χ3v) is 5.44. The average Bonchev–Trinajstić information content (AvgIpc) is 3.11. The minimum absolute atomic E-state index is 0.873. The molecule has 2 N–H and O–H groups in total. The van der Waals surface area contributed by atoms with Crippen molar-refractivity contribution in [1.82, 2.24) is 15.5 Å². The van der Waals surface area contributed by atoms with Crippen molar-refractivity contribution in [3.63, 3.8) is 0 Å². The van der Waals surface area contributed by atoms with E-state index >= 15 is 0 Å². The lowest BCUT2D eigenvalue weighted by Gasteiger charge is -2.04. The number of aromatic amines is 1. The van der Waals surface area contributed by atoms with Crippen LogP contribution in [0, 0.1) is 6.92 Å². The highest BCUT2D eigenvalue weighted by Gasteiger charge is 2.03. The molecular formula is C16H16BrN3S. The molecule has 1 aromatic carbocycles. The summed E-state index contributed by atoms with van der Waals surface area (Å²) in [6.07, 6.45) is 1.77. The molecule has 0 saturated heterocycles. The lowest BCUT2D eigenvalue weighted by molar-refractivity contribution is 0.701. The van der Waals surface area contributed by atoms with E-state index in [0.29, 0.717) is 0 Å². The summed E-state index contributed by atoms with van der Waals surface area (Å²) in [5.41, 5.74) is 3.49. The smallest absolute Gasteiger partial charge is 0.0650 e. The second-order valence-corrected chi connectivity index (χ2v) is 7.08. The fraction of sp³-hybridized carbons (Fsp3) is 0.188. The highest BCUT2D eigenvalue weighted by atomic mass is 79.9. The Hall–Kier alpha value is -1.43. The summed E-state index contributed by atoms with van der Waals surface area (Å²) in [5, 5.41) is 10.4. The molecule has 0 amide bonds. The summed E-state index contributed by atoms with van der Waals surface area (Å²) in [7, 11) is 0. The lowest BCUT2D eigenvalue weighted by Crippen LogP contribution is -2.11. The van der Waals surface area contributed by atoms with E-state index in [0.717, 1.165) is 24.3 Å². The van der Waals surface area contributed by atoms with Crippen LogP contribution in [0.15, 0.2) is 47.1 Å². The maximum Gasteiger partial charge on any atom is 0.0650 e. The molecule has 0 unspecified atom stereocenters. The fourth-order valence-electron chi connectivity index (χ4n) is 2.15. The third kappa shape index (κ3) is 3.61. The van der Waals surface area contributed by atoms with Crippen molar-refractivity contribution >= 4 is 27.3 Å². The largest absolute Gasteiger partial charge is 0.308 e. The van der Waals surface area contributed by atoms with Crippen LogP contribution in [0.3, 0.4) is 0 Å². The number of hydrogen-bond acceptors (Lipinski definition) is 3. The van der Waals surface area contributed by atoms with Gasteiger partial charge in [-0.05, 0) is 46.1 Å². The van der Waals surface area contributed by atoms with Gasteiger partial charge in [-0.3, -0.25) is 5.10 Å². The molecule has 0 aliphatic rings. The number of hydrogen-bond donors (Lipinski definition) is 2. The molecule has 3 aromatic rings. The van der Waals surface area contributed by atoms with E-state index in [9.17, 15) is 0 Å². The van der Waals surface area contributed by atoms with E-state index in [1.807, 2.05) is 17.4 Å². The van der Waals surface area contributed by atoms with Crippen LogP contribution in [0.4, 0.5) is 0 Å². The zero-order chi connectivity index (χ0) is 14.7. The second-order valence-electron chi connectivity index (χ2n) is 4.89. The van der Waals surface area contributed by atoms with Gasteiger partial charge in [0.05, 0.1) is 5.69 Å². The summed E-state index contributed by atoms with van der Waals surface area (Å²) in [6.45, 7) is 3.91. The van der Waals surface area contributed by atoms with Crippen LogP contribution in [0.2, 0.25) is 0 Å². The zero-order valence-electron chi connectivity index (χ0n) is 11.7. The van der Waals surface area contributed by atoms with Crippen LogP contribution in [0.1, 0.15) is 15.3 Å². The second kappa shape index (κ2) is 6.56. The van der Waals surface area contributed by atoms with E-state index in [1.165, 1.54) is 19.8 Å². The van der Waals surface area contributed by atoms with Crippen LogP contribution >= 0.6 is 27.3 Å². The molecule has 2 aromatic heterocycles. The number of halogens is 1. The predicted molar refractivity (Wildman–Crippen MR) is 91.3 cm³/mol. The Morgan fingerprint density at radius 1 is 1.19 bits per heavy atom. The van der Waals surface area contributed by atoms with Crippen molar-refractivity contribution in [2.24, 2.45) is 0 Å². The maximum absolute atomic E-state index is 3.97. The summed E-state index contributed by atoms with van der Waals surface area (Å²) >= 11 is 5.38. The molecule has 21 heavy (non-hydrogen) atoms. The highest BCUT2D eigenvalue weighted by Crippen LogP contribution is 2.26. The third-order valence-electron chi connectivity index (χ3n) is 3.30. The fourth-order valence-corrected chi connectivity index (χ4v) is 3.73. The van der Waals surface area contributed by atoms with Gasteiger partial charge in [-0.25, -0.2) is 0 Å². The number of nitrogens with zero attached hydrogens (tertiary/aromatic N) is 1. The molecule has 0 atom stereocenters. The van der Waals surface area contributed by atoms with Gasteiger partial charge in [-0.1, -0.05) is 24.3 Å². The normalized spacial score (nSPS) is 11.0. The van der Waals surface area contributed by atoms with Gasteiger partial charge in [0.15, 0.2) is 0 Å². The Morgan fingerprint density at radius 3 is 2.62 bits per heavy atom. The lowest BCUT2D eigenvalue weighted by atomic mass is 10.1. The zero-order valence-corrected chi connectivity index (χ0v) is 14.1. The Morgan fingerprint density at radius 2 is 2.00 bits per heavy atom. The van der Waals surface area contributed by atoms with Gasteiger partial charge in [0.2, 0.25) is 0 Å². The van der Waals surface area contributed by atoms with Crippen LogP contribution < -0.4 is 5.32 Å². The van der Waals surface area contributed by atoms with Crippen molar-refractivity contribution < 1.29 is 0 Å². The Labute approximate surface area is 136 Å². The number of thiophene rings is 1. The van der Waals surface area contributed by atoms with Crippen LogP contribution in [-0.2, 0) is 13.1 Å². The Kier molecular flexibility index (Phi) is 4.53. The van der Waals surface area contributed by atoms with Crippen molar-refractivity contribution in [3.05, 3.63) is 62.4 Å². The number of rotatable bonds is 5. The first-order chi connectivity index (χ1) is 10.2. The number of benzene rings is 1. The van der Waals surface area contributed by atoms with Gasteiger partial charge in [-0.2, -0.15) is 5.10 Å². The summed E-state index contributed by atoms with van der Waals surface area (Å²) < 4.78 is 1.20. The van der Waals surface area contributed by atoms with Crippen molar-refractivity contribution in [3.8, 4) is 11.3 Å². The molecule has 0 saturated carbocycles. The topological polar surface area (TPSA) is 40.7 Å². The maximum atomic E-state index is 3.97. The van der Waals surface area contributed by atoms with E-state index in [2.05, 4.69) is 68.7 Å². The minimum atomic E-state index is 0.873. The summed E-state index contributed by atoms with van der Waals surface area (Å²) in [4.78, 5) is 2.68. The average molecular weight is 362 g/mol. The summed E-state index contributed by atoms with van der Waals surface area (Å²) in [6, 6.07) is 12.7. The van der Waals surface area contributed by atoms with Crippen LogP contribution in [0.25, 0.3) is 11.3 Å². The summed E-state index contributed by atoms with van der Waals surface area (Å²) in [5.74, 6) is 0. The number of aromatic nitrogens is 2. The van der Waals surface area contributed by atoms with E-state index in [4.69, 9.17) is 0 Å². The van der Waals surface area contributed by atoms with E-state index in [-0.39, 0.29) is 0 Å². The molecule has 2 heterocycles. The van der Waals surface area contributed by atoms with E-state index < -0.39 is 0 Å². The highest BCUT2D eigenvalue weighted by molar-refractivity contribution is 9.10. The SMILES string of the molecule is Cc1sc(CNCc2ccc(-c3ccn[nH]3)cc2)cc1Br. The molecule has 0 spiro atoms. The van der Waals surface area contributed by atoms with Gasteiger partial charge in [0.25, 0.3) is 0 Å². The molecule has 0 aliphatic carbocycles. The van der Waals surface area contributed by atoms with E-state index in [1.54, 1.807) is 6.20 Å². The van der Waals surface area contributed by atoms with Crippen LogP contribution in [-0.4, -0.2) is 10.2 Å². The number of H-pyrrole nitrogens is 1. The molecule has 0 aliphatic heterocycles. The first-order valence-electron chi connectivity index (χ1n) is 6.76. The molecule has 0 fully saturated rings. The first-order valence-corrected chi connectivity index (χ1v) is 8.37.